The lowest BCUT2D eigenvalue weighted by molar-refractivity contribution is 0.102. The van der Waals surface area contributed by atoms with E-state index in [1.807, 2.05) is 6.07 Å². The van der Waals surface area contributed by atoms with Gasteiger partial charge in [0.15, 0.2) is 11.6 Å². The first-order valence-electron chi connectivity index (χ1n) is 6.54. The number of hydrogen-bond acceptors (Lipinski definition) is 3. The zero-order valence-corrected chi connectivity index (χ0v) is 11.6. The Kier molecular flexibility index (Phi) is 3.50. The molecule has 110 valence electrons. The number of rotatable bonds is 2. The van der Waals surface area contributed by atoms with E-state index in [1.165, 1.54) is 0 Å². The van der Waals surface area contributed by atoms with Crippen LogP contribution in [0.1, 0.15) is 16.2 Å². The van der Waals surface area contributed by atoms with E-state index in [4.69, 9.17) is 0 Å². The number of fused-ring (bicyclic) bond motifs is 1. The van der Waals surface area contributed by atoms with Crippen molar-refractivity contribution >= 4 is 22.6 Å². The fourth-order valence-corrected chi connectivity index (χ4v) is 2.07. The van der Waals surface area contributed by atoms with Crippen molar-refractivity contribution in [3.8, 4) is 0 Å². The molecule has 1 aromatic heterocycles. The van der Waals surface area contributed by atoms with Crippen LogP contribution in [0.4, 0.5) is 14.5 Å². The van der Waals surface area contributed by atoms with Crippen LogP contribution < -0.4 is 5.32 Å². The second kappa shape index (κ2) is 5.48. The summed E-state index contributed by atoms with van der Waals surface area (Å²) in [6.45, 7) is 1.59. The van der Waals surface area contributed by atoms with Gasteiger partial charge in [0.05, 0.1) is 16.7 Å². The Morgan fingerprint density at radius 1 is 1.00 bits per heavy atom. The molecule has 0 spiro atoms. The quantitative estimate of drug-likeness (QED) is 0.788. The number of amides is 1. The molecule has 0 fully saturated rings. The van der Waals surface area contributed by atoms with Crippen LogP contribution in [0.25, 0.3) is 11.0 Å². The van der Waals surface area contributed by atoms with E-state index in [1.54, 1.807) is 31.2 Å². The van der Waals surface area contributed by atoms with Gasteiger partial charge in [0.1, 0.15) is 5.69 Å². The molecule has 1 N–H and O–H groups in total. The van der Waals surface area contributed by atoms with Crippen molar-refractivity contribution in [1.82, 2.24) is 9.97 Å². The first-order chi connectivity index (χ1) is 10.5. The largest absolute Gasteiger partial charge is 0.321 e. The van der Waals surface area contributed by atoms with Crippen LogP contribution in [0, 0.1) is 18.6 Å². The number of nitrogens with zero attached hydrogens (tertiary/aromatic N) is 2. The molecule has 0 unspecified atom stereocenters. The predicted octanol–water partition coefficient (Wildman–Crippen LogP) is 3.47. The summed E-state index contributed by atoms with van der Waals surface area (Å²) in [5, 5.41) is 2.68. The van der Waals surface area contributed by atoms with E-state index in [9.17, 15) is 13.6 Å². The Balaban J connectivity index is 2.01. The van der Waals surface area contributed by atoms with E-state index in [0.29, 0.717) is 11.4 Å². The van der Waals surface area contributed by atoms with Gasteiger partial charge in [0, 0.05) is 17.8 Å². The number of benzene rings is 2. The van der Waals surface area contributed by atoms with E-state index in [2.05, 4.69) is 15.3 Å². The van der Waals surface area contributed by atoms with E-state index >= 15 is 0 Å². The van der Waals surface area contributed by atoms with Crippen molar-refractivity contribution in [2.75, 3.05) is 5.32 Å². The zero-order valence-electron chi connectivity index (χ0n) is 11.6. The van der Waals surface area contributed by atoms with E-state index < -0.39 is 17.5 Å². The third-order valence-corrected chi connectivity index (χ3v) is 3.13. The molecule has 0 aliphatic heterocycles. The molecule has 6 heteroatoms. The molecule has 0 aliphatic rings. The highest BCUT2D eigenvalue weighted by Crippen LogP contribution is 2.18. The molecular formula is C16H11F2N3O. The third kappa shape index (κ3) is 2.63. The summed E-state index contributed by atoms with van der Waals surface area (Å²) in [5.41, 5.74) is 1.35. The maximum atomic E-state index is 13.3. The van der Waals surface area contributed by atoms with Gasteiger partial charge < -0.3 is 5.32 Å². The average molecular weight is 299 g/mol. The number of nitrogens with one attached hydrogen (secondary N) is 1. The van der Waals surface area contributed by atoms with Gasteiger partial charge in [-0.25, -0.2) is 18.7 Å². The molecule has 3 aromatic rings. The molecule has 22 heavy (non-hydrogen) atoms. The van der Waals surface area contributed by atoms with Crippen LogP contribution in [-0.2, 0) is 0 Å². The zero-order chi connectivity index (χ0) is 15.7. The monoisotopic (exact) mass is 299 g/mol. The molecule has 1 amide bonds. The number of aryl methyl sites for hydroxylation is 1. The molecule has 0 saturated carbocycles. The second-order valence-corrected chi connectivity index (χ2v) is 4.73. The normalized spacial score (nSPS) is 10.7. The van der Waals surface area contributed by atoms with Gasteiger partial charge >= 0.3 is 0 Å². The molecule has 2 aromatic carbocycles. The number of anilines is 1. The summed E-state index contributed by atoms with van der Waals surface area (Å²) in [6.07, 6.45) is 0. The summed E-state index contributed by atoms with van der Waals surface area (Å²) in [5.74, 6) is -2.48. The summed E-state index contributed by atoms with van der Waals surface area (Å²) in [6, 6.07) is 10.8. The molecule has 0 radical (unpaired) electrons. The molecule has 1 heterocycles. The summed E-state index contributed by atoms with van der Waals surface area (Å²) in [7, 11) is 0. The Labute approximate surface area is 124 Å². The molecule has 0 aliphatic carbocycles. The van der Waals surface area contributed by atoms with Crippen molar-refractivity contribution in [3.63, 3.8) is 0 Å². The van der Waals surface area contributed by atoms with Crippen molar-refractivity contribution in [2.45, 2.75) is 6.92 Å². The number of aromatic nitrogens is 2. The Hall–Kier alpha value is -2.89. The van der Waals surface area contributed by atoms with E-state index in [0.717, 1.165) is 12.1 Å². The minimum Gasteiger partial charge on any atom is -0.321 e. The molecule has 4 nitrogen and oxygen atoms in total. The van der Waals surface area contributed by atoms with Gasteiger partial charge in [0.2, 0.25) is 0 Å². The lowest BCUT2D eigenvalue weighted by Crippen LogP contribution is -2.16. The van der Waals surface area contributed by atoms with Crippen LogP contribution in [0.5, 0.6) is 0 Å². The van der Waals surface area contributed by atoms with E-state index in [-0.39, 0.29) is 16.7 Å². The number of carbonyl (C=O) groups excluding carboxylic acids is 1. The predicted molar refractivity (Wildman–Crippen MR) is 78.6 cm³/mol. The lowest BCUT2D eigenvalue weighted by atomic mass is 10.2. The first-order valence-corrected chi connectivity index (χ1v) is 6.54. The minimum absolute atomic E-state index is 0.0716. The van der Waals surface area contributed by atoms with Crippen LogP contribution in [0.15, 0.2) is 42.5 Å². The molecule has 0 bridgehead atoms. The van der Waals surface area contributed by atoms with Crippen LogP contribution in [-0.4, -0.2) is 15.9 Å². The fraction of sp³-hybridized carbons (Fsp3) is 0.0625. The molecule has 0 atom stereocenters. The number of para-hydroxylation sites is 1. The van der Waals surface area contributed by atoms with Crippen LogP contribution in [0.2, 0.25) is 0 Å². The smallest absolute Gasteiger partial charge is 0.276 e. The Morgan fingerprint density at radius 3 is 2.23 bits per heavy atom. The highest BCUT2D eigenvalue weighted by atomic mass is 19.2. The standard InChI is InChI=1S/C16H11F2N3O/c1-9-15(16(22)20-10-5-3-2-4-6-10)21-14-8-12(18)11(17)7-13(14)19-9/h2-8H,1H3,(H,20,22). The van der Waals surface area contributed by atoms with Crippen LogP contribution >= 0.6 is 0 Å². The number of hydrogen-bond donors (Lipinski definition) is 1. The maximum Gasteiger partial charge on any atom is 0.276 e. The topological polar surface area (TPSA) is 54.9 Å². The number of carbonyl (C=O) groups is 1. The van der Waals surface area contributed by atoms with Gasteiger partial charge in [0.25, 0.3) is 5.91 Å². The van der Waals surface area contributed by atoms with Crippen molar-refractivity contribution in [1.29, 1.82) is 0 Å². The van der Waals surface area contributed by atoms with Crippen LogP contribution in [0.3, 0.4) is 0 Å². The summed E-state index contributed by atoms with van der Waals surface area (Å²) < 4.78 is 26.5. The lowest BCUT2D eigenvalue weighted by Gasteiger charge is -2.08. The SMILES string of the molecule is Cc1nc2cc(F)c(F)cc2nc1C(=O)Nc1ccccc1. The summed E-state index contributed by atoms with van der Waals surface area (Å²) in [4.78, 5) is 20.5. The molecule has 3 rings (SSSR count). The van der Waals surface area contributed by atoms with Gasteiger partial charge in [-0.3, -0.25) is 4.79 Å². The molecule has 0 saturated heterocycles. The Bertz CT molecular complexity index is 866. The number of halogens is 2. The molecular weight excluding hydrogens is 288 g/mol. The minimum atomic E-state index is -1.03. The van der Waals surface area contributed by atoms with Gasteiger partial charge in [-0.15, -0.1) is 0 Å². The fourth-order valence-electron chi connectivity index (χ4n) is 2.07. The van der Waals surface area contributed by atoms with Crippen molar-refractivity contribution < 1.29 is 13.6 Å². The highest BCUT2D eigenvalue weighted by molar-refractivity contribution is 6.04. The average Bonchev–Trinajstić information content (AvgIpc) is 2.49. The third-order valence-electron chi connectivity index (χ3n) is 3.13. The highest BCUT2D eigenvalue weighted by Gasteiger charge is 2.15. The van der Waals surface area contributed by atoms with Gasteiger partial charge in [-0.05, 0) is 19.1 Å². The Morgan fingerprint density at radius 2 is 1.59 bits per heavy atom. The summed E-state index contributed by atoms with van der Waals surface area (Å²) >= 11 is 0. The second-order valence-electron chi connectivity index (χ2n) is 4.73. The van der Waals surface area contributed by atoms with Gasteiger partial charge in [-0.1, -0.05) is 18.2 Å². The maximum absolute atomic E-state index is 13.3. The first kappa shape index (κ1) is 14.1. The van der Waals surface area contributed by atoms with Gasteiger partial charge in [-0.2, -0.15) is 0 Å². The van der Waals surface area contributed by atoms with Crippen molar-refractivity contribution in [3.05, 3.63) is 65.5 Å². The van der Waals surface area contributed by atoms with Crippen molar-refractivity contribution in [2.24, 2.45) is 0 Å².